The van der Waals surface area contributed by atoms with E-state index in [1.54, 1.807) is 19.2 Å². The Bertz CT molecular complexity index is 307. The molecule has 0 radical (unpaired) electrons. The first-order valence-electron chi connectivity index (χ1n) is 4.61. The highest BCUT2D eigenvalue weighted by atomic mass is 35.5. The molecule has 0 atom stereocenters. The molecule has 0 spiro atoms. The van der Waals surface area contributed by atoms with E-state index < -0.39 is 0 Å². The van der Waals surface area contributed by atoms with Crippen LogP contribution in [0.4, 0.5) is 0 Å². The van der Waals surface area contributed by atoms with E-state index >= 15 is 0 Å². The van der Waals surface area contributed by atoms with Crippen molar-refractivity contribution < 1.29 is 9.47 Å². The van der Waals surface area contributed by atoms with Gasteiger partial charge in [-0.25, -0.2) is 4.98 Å². The summed E-state index contributed by atoms with van der Waals surface area (Å²) < 4.78 is 10.3. The lowest BCUT2D eigenvalue weighted by Crippen LogP contribution is -2.01. The number of methoxy groups -OCH3 is 1. The van der Waals surface area contributed by atoms with Crippen molar-refractivity contribution in [3.8, 4) is 0 Å². The molecule has 0 saturated heterocycles. The molecule has 0 N–H and O–H groups in total. The van der Waals surface area contributed by atoms with Gasteiger partial charge in [-0.3, -0.25) is 0 Å². The molecule has 1 heterocycles. The van der Waals surface area contributed by atoms with E-state index in [9.17, 15) is 0 Å². The van der Waals surface area contributed by atoms with Gasteiger partial charge in [0.2, 0.25) is 0 Å². The molecule has 0 fully saturated rings. The predicted octanol–water partition coefficient (Wildman–Crippen LogP) is 2.94. The van der Waals surface area contributed by atoms with Gasteiger partial charge in [-0.1, -0.05) is 23.2 Å². The molecule has 0 aliphatic rings. The van der Waals surface area contributed by atoms with Gasteiger partial charge in [-0.2, -0.15) is 0 Å². The van der Waals surface area contributed by atoms with Gasteiger partial charge in [0.25, 0.3) is 0 Å². The summed E-state index contributed by atoms with van der Waals surface area (Å²) in [6.45, 7) is 1.69. The van der Waals surface area contributed by atoms with Crippen molar-refractivity contribution in [1.82, 2.24) is 4.98 Å². The number of pyridine rings is 1. The lowest BCUT2D eigenvalue weighted by Gasteiger charge is -2.05. The normalized spacial score (nSPS) is 10.6. The molecule has 15 heavy (non-hydrogen) atoms. The second-order valence-corrected chi connectivity index (χ2v) is 3.76. The van der Waals surface area contributed by atoms with Gasteiger partial charge in [0.1, 0.15) is 5.15 Å². The van der Waals surface area contributed by atoms with Crippen LogP contribution in [0.15, 0.2) is 12.1 Å². The average molecular weight is 250 g/mol. The van der Waals surface area contributed by atoms with Gasteiger partial charge in [0.15, 0.2) is 0 Å². The Kier molecular flexibility index (Phi) is 5.95. The standard InChI is InChI=1S/C10H13Cl2NO2/c1-14-5-2-6-15-7-9-8(11)3-4-10(12)13-9/h3-4H,2,5-7H2,1H3. The highest BCUT2D eigenvalue weighted by molar-refractivity contribution is 6.32. The molecular formula is C10H13Cl2NO2. The molecule has 3 nitrogen and oxygen atoms in total. The van der Waals surface area contributed by atoms with Crippen LogP contribution in [-0.4, -0.2) is 25.3 Å². The third kappa shape index (κ3) is 4.80. The number of hydrogen-bond donors (Lipinski definition) is 0. The summed E-state index contributed by atoms with van der Waals surface area (Å²) in [4.78, 5) is 4.07. The van der Waals surface area contributed by atoms with Gasteiger partial charge in [-0.15, -0.1) is 0 Å². The van der Waals surface area contributed by atoms with Crippen LogP contribution >= 0.6 is 23.2 Å². The second kappa shape index (κ2) is 7.01. The highest BCUT2D eigenvalue weighted by Gasteiger charge is 2.02. The number of hydrogen-bond acceptors (Lipinski definition) is 3. The molecular weight excluding hydrogens is 237 g/mol. The van der Waals surface area contributed by atoms with Crippen LogP contribution in [0.25, 0.3) is 0 Å². The Morgan fingerprint density at radius 1 is 1.27 bits per heavy atom. The number of aromatic nitrogens is 1. The van der Waals surface area contributed by atoms with Crippen LogP contribution in [0.1, 0.15) is 12.1 Å². The minimum atomic E-state index is 0.378. The molecule has 0 aliphatic carbocycles. The fourth-order valence-electron chi connectivity index (χ4n) is 1.03. The van der Waals surface area contributed by atoms with E-state index in [0.29, 0.717) is 35.7 Å². The topological polar surface area (TPSA) is 31.4 Å². The molecule has 0 saturated carbocycles. The molecule has 1 rings (SSSR count). The predicted molar refractivity (Wildman–Crippen MR) is 60.4 cm³/mol. The van der Waals surface area contributed by atoms with Crippen molar-refractivity contribution in [2.45, 2.75) is 13.0 Å². The molecule has 0 amide bonds. The number of nitrogens with zero attached hydrogens (tertiary/aromatic N) is 1. The van der Waals surface area contributed by atoms with Crippen LogP contribution in [0.5, 0.6) is 0 Å². The smallest absolute Gasteiger partial charge is 0.129 e. The van der Waals surface area contributed by atoms with Crippen LogP contribution in [-0.2, 0) is 16.1 Å². The average Bonchev–Trinajstić information content (AvgIpc) is 2.23. The molecule has 0 bridgehead atoms. The molecule has 84 valence electrons. The molecule has 0 unspecified atom stereocenters. The zero-order chi connectivity index (χ0) is 11.1. The van der Waals surface area contributed by atoms with E-state index in [1.165, 1.54) is 0 Å². The summed E-state index contributed by atoms with van der Waals surface area (Å²) in [7, 11) is 1.66. The minimum absolute atomic E-state index is 0.378. The Morgan fingerprint density at radius 2 is 2.07 bits per heavy atom. The summed E-state index contributed by atoms with van der Waals surface area (Å²) >= 11 is 11.6. The largest absolute Gasteiger partial charge is 0.385 e. The fraction of sp³-hybridized carbons (Fsp3) is 0.500. The van der Waals surface area contributed by atoms with Crippen molar-refractivity contribution in [3.63, 3.8) is 0 Å². The van der Waals surface area contributed by atoms with Crippen LogP contribution < -0.4 is 0 Å². The molecule has 0 aliphatic heterocycles. The Morgan fingerprint density at radius 3 is 2.80 bits per heavy atom. The monoisotopic (exact) mass is 249 g/mol. The Balaban J connectivity index is 2.33. The molecule has 0 aromatic carbocycles. The lowest BCUT2D eigenvalue weighted by molar-refractivity contribution is 0.0911. The van der Waals surface area contributed by atoms with E-state index in [4.69, 9.17) is 32.7 Å². The summed E-state index contributed by atoms with van der Waals surface area (Å²) in [5.41, 5.74) is 0.668. The van der Waals surface area contributed by atoms with E-state index in [0.717, 1.165) is 6.42 Å². The third-order valence-electron chi connectivity index (χ3n) is 1.76. The maximum Gasteiger partial charge on any atom is 0.129 e. The van der Waals surface area contributed by atoms with Crippen molar-refractivity contribution in [1.29, 1.82) is 0 Å². The second-order valence-electron chi connectivity index (χ2n) is 2.96. The lowest BCUT2D eigenvalue weighted by atomic mass is 10.3. The molecule has 5 heteroatoms. The van der Waals surface area contributed by atoms with E-state index in [1.807, 2.05) is 0 Å². The highest BCUT2D eigenvalue weighted by Crippen LogP contribution is 2.17. The van der Waals surface area contributed by atoms with Crippen molar-refractivity contribution in [3.05, 3.63) is 28.0 Å². The summed E-state index contributed by atoms with van der Waals surface area (Å²) in [6.07, 6.45) is 0.856. The SMILES string of the molecule is COCCCOCc1nc(Cl)ccc1Cl. The fourth-order valence-corrected chi connectivity index (χ4v) is 1.36. The van der Waals surface area contributed by atoms with Gasteiger partial charge < -0.3 is 9.47 Å². The summed E-state index contributed by atoms with van der Waals surface area (Å²) in [6, 6.07) is 3.36. The number of rotatable bonds is 6. The summed E-state index contributed by atoms with van der Waals surface area (Å²) in [5.74, 6) is 0. The summed E-state index contributed by atoms with van der Waals surface area (Å²) in [5, 5.41) is 1.00. The van der Waals surface area contributed by atoms with Gasteiger partial charge in [0.05, 0.1) is 17.3 Å². The van der Waals surface area contributed by atoms with Crippen LogP contribution in [0.3, 0.4) is 0 Å². The first-order valence-corrected chi connectivity index (χ1v) is 5.37. The van der Waals surface area contributed by atoms with Gasteiger partial charge in [-0.05, 0) is 18.6 Å². The van der Waals surface area contributed by atoms with E-state index in [2.05, 4.69) is 4.98 Å². The zero-order valence-corrected chi connectivity index (χ0v) is 10.0. The van der Waals surface area contributed by atoms with Gasteiger partial charge in [0, 0.05) is 20.3 Å². The Labute approximate surface area is 99.3 Å². The minimum Gasteiger partial charge on any atom is -0.385 e. The molecule has 1 aromatic rings. The van der Waals surface area contributed by atoms with Crippen molar-refractivity contribution >= 4 is 23.2 Å². The van der Waals surface area contributed by atoms with Gasteiger partial charge >= 0.3 is 0 Å². The third-order valence-corrected chi connectivity index (χ3v) is 2.32. The quantitative estimate of drug-likeness (QED) is 0.574. The first kappa shape index (κ1) is 12.7. The van der Waals surface area contributed by atoms with Crippen LogP contribution in [0, 0.1) is 0 Å². The van der Waals surface area contributed by atoms with Crippen LogP contribution in [0.2, 0.25) is 10.2 Å². The number of halogens is 2. The van der Waals surface area contributed by atoms with E-state index in [-0.39, 0.29) is 0 Å². The first-order chi connectivity index (χ1) is 7.24. The van der Waals surface area contributed by atoms with Crippen molar-refractivity contribution in [2.75, 3.05) is 20.3 Å². The number of ether oxygens (including phenoxy) is 2. The molecule has 1 aromatic heterocycles. The van der Waals surface area contributed by atoms with Crippen molar-refractivity contribution in [2.24, 2.45) is 0 Å². The Hall–Kier alpha value is -0.350. The zero-order valence-electron chi connectivity index (χ0n) is 8.50. The maximum absolute atomic E-state index is 5.91. The maximum atomic E-state index is 5.91.